The van der Waals surface area contributed by atoms with Crippen molar-refractivity contribution >= 4 is 5.97 Å². The molecule has 0 amide bonds. The number of hydrogen-bond acceptors (Lipinski definition) is 4. The fourth-order valence-electron chi connectivity index (χ4n) is 2.67. The van der Waals surface area contributed by atoms with Crippen LogP contribution in [-0.4, -0.2) is 21.2 Å². The number of carboxylic acid groups (broad SMARTS) is 1. The van der Waals surface area contributed by atoms with Gasteiger partial charge in [0.05, 0.1) is 0 Å². The zero-order chi connectivity index (χ0) is 13.9. The highest BCUT2D eigenvalue weighted by atomic mass is 16.5. The first-order valence-corrected chi connectivity index (χ1v) is 6.83. The van der Waals surface area contributed by atoms with E-state index in [9.17, 15) is 4.79 Å². The third-order valence-electron chi connectivity index (χ3n) is 3.68. The van der Waals surface area contributed by atoms with Gasteiger partial charge in [-0.1, -0.05) is 29.4 Å². The van der Waals surface area contributed by atoms with Gasteiger partial charge in [0, 0.05) is 18.8 Å². The smallest absolute Gasteiger partial charge is 0.303 e. The molecule has 1 aromatic carbocycles. The average Bonchev–Trinajstić information content (AvgIpc) is 3.03. The molecule has 5 nitrogen and oxygen atoms in total. The minimum atomic E-state index is -0.795. The van der Waals surface area contributed by atoms with Crippen LogP contribution in [0.2, 0.25) is 0 Å². The van der Waals surface area contributed by atoms with Crippen LogP contribution in [0.5, 0.6) is 0 Å². The fourth-order valence-corrected chi connectivity index (χ4v) is 2.67. The van der Waals surface area contributed by atoms with Crippen molar-refractivity contribution in [1.82, 2.24) is 10.1 Å². The number of benzene rings is 1. The molecule has 0 bridgehead atoms. The van der Waals surface area contributed by atoms with Gasteiger partial charge in [-0.3, -0.25) is 4.79 Å². The maximum Gasteiger partial charge on any atom is 0.303 e. The first-order chi connectivity index (χ1) is 9.72. The van der Waals surface area contributed by atoms with E-state index in [0.717, 1.165) is 18.7 Å². The Kier molecular flexibility index (Phi) is 3.50. The summed E-state index contributed by atoms with van der Waals surface area (Å²) < 4.78 is 5.20. The topological polar surface area (TPSA) is 76.2 Å². The van der Waals surface area contributed by atoms with Crippen LogP contribution in [0, 0.1) is 0 Å². The lowest BCUT2D eigenvalue weighted by Gasteiger charge is -2.00. The van der Waals surface area contributed by atoms with E-state index in [2.05, 4.69) is 34.4 Å². The minimum absolute atomic E-state index is 0.132. The van der Waals surface area contributed by atoms with Gasteiger partial charge >= 0.3 is 5.97 Å². The molecule has 1 aromatic heterocycles. The van der Waals surface area contributed by atoms with E-state index in [1.165, 1.54) is 11.1 Å². The lowest BCUT2D eigenvalue weighted by atomic mass is 10.1. The zero-order valence-electron chi connectivity index (χ0n) is 11.1. The van der Waals surface area contributed by atoms with Crippen molar-refractivity contribution < 1.29 is 14.4 Å². The highest BCUT2D eigenvalue weighted by Gasteiger charge is 2.26. The summed E-state index contributed by atoms with van der Waals surface area (Å²) in [7, 11) is 0. The number of carboxylic acids is 1. The Hall–Kier alpha value is -2.17. The van der Waals surface area contributed by atoms with Crippen LogP contribution in [0.4, 0.5) is 0 Å². The lowest BCUT2D eigenvalue weighted by Crippen LogP contribution is -2.01. The summed E-state index contributed by atoms with van der Waals surface area (Å²) in [5.41, 5.74) is 2.71. The van der Waals surface area contributed by atoms with Gasteiger partial charge in [0.15, 0.2) is 5.82 Å². The molecule has 0 saturated carbocycles. The number of nitrogens with zero attached hydrogens (tertiary/aromatic N) is 2. The molecular formula is C15H16N2O3. The van der Waals surface area contributed by atoms with E-state index >= 15 is 0 Å². The van der Waals surface area contributed by atoms with Crippen LogP contribution in [0.3, 0.4) is 0 Å². The fraction of sp³-hybridized carbons (Fsp3) is 0.400. The summed E-state index contributed by atoms with van der Waals surface area (Å²) in [4.78, 5) is 14.9. The Balaban J connectivity index is 1.62. The van der Waals surface area contributed by atoms with Crippen LogP contribution in [0.15, 0.2) is 28.8 Å². The standard InChI is InChI=1S/C15H16N2O3/c18-14(19)7-3-6-13-16-15(17-20-13)12-8-10-4-1-2-5-11(10)9-12/h1-2,4-5,12H,3,6-9H2,(H,18,19). The third kappa shape index (κ3) is 2.71. The summed E-state index contributed by atoms with van der Waals surface area (Å²) in [6, 6.07) is 8.38. The van der Waals surface area contributed by atoms with Gasteiger partial charge in [0.1, 0.15) is 0 Å². The van der Waals surface area contributed by atoms with Crippen molar-refractivity contribution in [3.05, 3.63) is 47.1 Å². The number of hydrogen-bond donors (Lipinski definition) is 1. The molecule has 1 N–H and O–H groups in total. The van der Waals surface area contributed by atoms with E-state index in [-0.39, 0.29) is 12.3 Å². The average molecular weight is 272 g/mol. The Morgan fingerprint density at radius 3 is 2.65 bits per heavy atom. The molecule has 5 heteroatoms. The van der Waals surface area contributed by atoms with Crippen molar-refractivity contribution in [2.75, 3.05) is 0 Å². The van der Waals surface area contributed by atoms with Crippen LogP contribution in [0.25, 0.3) is 0 Å². The number of carbonyl (C=O) groups is 1. The second-order valence-electron chi connectivity index (χ2n) is 5.17. The molecule has 0 fully saturated rings. The molecule has 0 saturated heterocycles. The van der Waals surface area contributed by atoms with Crippen LogP contribution < -0.4 is 0 Å². The summed E-state index contributed by atoms with van der Waals surface area (Å²) in [5, 5.41) is 12.6. The van der Waals surface area contributed by atoms with Crippen molar-refractivity contribution in [1.29, 1.82) is 0 Å². The second kappa shape index (κ2) is 5.45. The monoisotopic (exact) mass is 272 g/mol. The summed E-state index contributed by atoms with van der Waals surface area (Å²) >= 11 is 0. The van der Waals surface area contributed by atoms with Gasteiger partial charge in [-0.25, -0.2) is 0 Å². The van der Waals surface area contributed by atoms with Crippen molar-refractivity contribution in [2.45, 2.75) is 38.0 Å². The minimum Gasteiger partial charge on any atom is -0.481 e. The number of fused-ring (bicyclic) bond motifs is 1. The molecule has 3 rings (SSSR count). The van der Waals surface area contributed by atoms with E-state index in [1.54, 1.807) is 0 Å². The molecule has 0 spiro atoms. The Labute approximate surface area is 116 Å². The maximum absolute atomic E-state index is 10.5. The van der Waals surface area contributed by atoms with Crippen molar-refractivity contribution in [3.8, 4) is 0 Å². The van der Waals surface area contributed by atoms with Gasteiger partial charge in [-0.15, -0.1) is 0 Å². The number of aromatic nitrogens is 2. The first-order valence-electron chi connectivity index (χ1n) is 6.83. The Bertz CT molecular complexity index is 596. The normalized spacial score (nSPS) is 14.4. The molecule has 1 heterocycles. The molecule has 104 valence electrons. The van der Waals surface area contributed by atoms with Crippen molar-refractivity contribution in [2.24, 2.45) is 0 Å². The Morgan fingerprint density at radius 2 is 2.00 bits per heavy atom. The number of rotatable bonds is 5. The van der Waals surface area contributed by atoms with Crippen LogP contribution >= 0.6 is 0 Å². The summed E-state index contributed by atoms with van der Waals surface area (Å²) in [6.45, 7) is 0. The molecule has 1 aliphatic rings. The highest BCUT2D eigenvalue weighted by Crippen LogP contribution is 2.32. The van der Waals surface area contributed by atoms with E-state index in [0.29, 0.717) is 18.7 Å². The highest BCUT2D eigenvalue weighted by molar-refractivity contribution is 5.66. The molecule has 0 radical (unpaired) electrons. The molecule has 2 aromatic rings. The number of aliphatic carboxylic acids is 1. The lowest BCUT2D eigenvalue weighted by molar-refractivity contribution is -0.137. The van der Waals surface area contributed by atoms with E-state index < -0.39 is 5.97 Å². The van der Waals surface area contributed by atoms with E-state index in [4.69, 9.17) is 9.63 Å². The van der Waals surface area contributed by atoms with Gasteiger partial charge in [0.25, 0.3) is 0 Å². The summed E-state index contributed by atoms with van der Waals surface area (Å²) in [6.07, 6.45) is 3.09. The predicted molar refractivity (Wildman–Crippen MR) is 71.5 cm³/mol. The van der Waals surface area contributed by atoms with Gasteiger partial charge < -0.3 is 9.63 Å². The number of aryl methyl sites for hydroxylation is 1. The third-order valence-corrected chi connectivity index (χ3v) is 3.68. The maximum atomic E-state index is 10.5. The largest absolute Gasteiger partial charge is 0.481 e. The van der Waals surface area contributed by atoms with Gasteiger partial charge in [0.2, 0.25) is 5.89 Å². The SMILES string of the molecule is O=C(O)CCCc1nc(C2Cc3ccccc3C2)no1. The predicted octanol–water partition coefficient (Wildman–Crippen LogP) is 2.36. The Morgan fingerprint density at radius 1 is 1.30 bits per heavy atom. The molecule has 0 atom stereocenters. The van der Waals surface area contributed by atoms with E-state index in [1.807, 2.05) is 0 Å². The summed E-state index contributed by atoms with van der Waals surface area (Å²) in [5.74, 6) is 0.768. The van der Waals surface area contributed by atoms with Crippen LogP contribution in [-0.2, 0) is 24.1 Å². The molecule has 0 aliphatic heterocycles. The molecule has 1 aliphatic carbocycles. The van der Waals surface area contributed by atoms with Crippen LogP contribution in [0.1, 0.15) is 41.6 Å². The van der Waals surface area contributed by atoms with Crippen molar-refractivity contribution in [3.63, 3.8) is 0 Å². The zero-order valence-corrected chi connectivity index (χ0v) is 11.1. The quantitative estimate of drug-likeness (QED) is 0.904. The second-order valence-corrected chi connectivity index (χ2v) is 5.17. The molecular weight excluding hydrogens is 256 g/mol. The first kappa shape index (κ1) is 12.8. The van der Waals surface area contributed by atoms with Gasteiger partial charge in [-0.2, -0.15) is 4.98 Å². The van der Waals surface area contributed by atoms with Gasteiger partial charge in [-0.05, 0) is 30.4 Å². The molecule has 20 heavy (non-hydrogen) atoms. The molecule has 0 unspecified atom stereocenters.